The van der Waals surface area contributed by atoms with Gasteiger partial charge < -0.3 is 14.4 Å². The van der Waals surface area contributed by atoms with Gasteiger partial charge in [-0.2, -0.15) is 0 Å². The van der Waals surface area contributed by atoms with Crippen LogP contribution in [0.5, 0.6) is 0 Å². The summed E-state index contributed by atoms with van der Waals surface area (Å²) in [6, 6.07) is 6.15. The van der Waals surface area contributed by atoms with Gasteiger partial charge in [0.05, 0.1) is 0 Å². The zero-order chi connectivity index (χ0) is 12.8. The molecule has 2 aromatic rings. The van der Waals surface area contributed by atoms with E-state index in [4.69, 9.17) is 4.42 Å². The lowest BCUT2D eigenvalue weighted by molar-refractivity contribution is -0.0429. The first-order valence-electron chi connectivity index (χ1n) is 6.17. The topological polar surface area (TPSA) is 36.6 Å². The van der Waals surface area contributed by atoms with Crippen LogP contribution in [-0.2, 0) is 5.60 Å². The lowest BCUT2D eigenvalue weighted by Crippen LogP contribution is -2.43. The number of likely N-dealkylation sites (tertiary alicyclic amines) is 1. The maximum atomic E-state index is 13.1. The molecule has 96 valence electrons. The molecule has 1 N–H and O–H groups in total. The van der Waals surface area contributed by atoms with Crippen molar-refractivity contribution in [1.29, 1.82) is 0 Å². The molecule has 0 spiro atoms. The summed E-state index contributed by atoms with van der Waals surface area (Å²) in [7, 11) is 1.98. The molecule has 1 aromatic heterocycles. The van der Waals surface area contributed by atoms with E-state index in [-0.39, 0.29) is 5.82 Å². The fourth-order valence-corrected chi connectivity index (χ4v) is 2.69. The average molecular weight is 249 g/mol. The van der Waals surface area contributed by atoms with Crippen LogP contribution in [0.15, 0.2) is 28.7 Å². The van der Waals surface area contributed by atoms with E-state index in [2.05, 4.69) is 4.90 Å². The number of hydrogen-bond acceptors (Lipinski definition) is 3. The Labute approximate surface area is 105 Å². The van der Waals surface area contributed by atoms with Crippen LogP contribution in [0, 0.1) is 5.82 Å². The highest BCUT2D eigenvalue weighted by atomic mass is 19.1. The van der Waals surface area contributed by atoms with Crippen molar-refractivity contribution in [2.24, 2.45) is 0 Å². The molecule has 18 heavy (non-hydrogen) atoms. The first-order chi connectivity index (χ1) is 8.57. The van der Waals surface area contributed by atoms with Gasteiger partial charge in [-0.05, 0) is 50.7 Å². The number of piperidine rings is 1. The van der Waals surface area contributed by atoms with Gasteiger partial charge in [0.25, 0.3) is 0 Å². The smallest absolute Gasteiger partial charge is 0.138 e. The minimum Gasteiger partial charge on any atom is -0.458 e. The Balaban J connectivity index is 2.03. The second kappa shape index (κ2) is 4.07. The van der Waals surface area contributed by atoms with Crippen LogP contribution >= 0.6 is 0 Å². The number of nitrogens with zero attached hydrogens (tertiary/aromatic N) is 1. The Bertz CT molecular complexity index is 580. The van der Waals surface area contributed by atoms with Crippen LogP contribution in [0.1, 0.15) is 18.6 Å². The zero-order valence-electron chi connectivity index (χ0n) is 10.3. The maximum absolute atomic E-state index is 13.1. The molecule has 3 rings (SSSR count). The molecule has 4 heteroatoms. The Kier molecular flexibility index (Phi) is 2.64. The Morgan fingerprint density at radius 3 is 3.00 bits per heavy atom. The van der Waals surface area contributed by atoms with Crippen LogP contribution < -0.4 is 0 Å². The van der Waals surface area contributed by atoms with Gasteiger partial charge in [-0.25, -0.2) is 4.39 Å². The minimum atomic E-state index is -0.956. The van der Waals surface area contributed by atoms with Gasteiger partial charge in [0.1, 0.15) is 22.8 Å². The normalized spacial score (nSPS) is 25.7. The zero-order valence-corrected chi connectivity index (χ0v) is 10.3. The van der Waals surface area contributed by atoms with Gasteiger partial charge >= 0.3 is 0 Å². The maximum Gasteiger partial charge on any atom is 0.138 e. The molecule has 1 aliphatic rings. The molecule has 0 aliphatic carbocycles. The number of rotatable bonds is 1. The number of halogens is 1. The number of aliphatic hydroxyl groups is 1. The molecule has 0 bridgehead atoms. The average Bonchev–Trinajstić information content (AvgIpc) is 2.72. The van der Waals surface area contributed by atoms with Crippen molar-refractivity contribution < 1.29 is 13.9 Å². The van der Waals surface area contributed by atoms with Crippen molar-refractivity contribution in [3.8, 4) is 0 Å². The van der Waals surface area contributed by atoms with E-state index in [1.807, 2.05) is 7.05 Å². The second-order valence-electron chi connectivity index (χ2n) is 5.17. The molecule has 0 saturated carbocycles. The van der Waals surface area contributed by atoms with E-state index < -0.39 is 5.60 Å². The molecular formula is C14H16FNO2. The van der Waals surface area contributed by atoms with Gasteiger partial charge in [0.15, 0.2) is 0 Å². The number of β-amino-alcohol motifs (C(OH)–C–C–N with tert-alkyl or cyclic N) is 1. The van der Waals surface area contributed by atoms with Crippen molar-refractivity contribution in [2.75, 3.05) is 20.1 Å². The summed E-state index contributed by atoms with van der Waals surface area (Å²) in [5.74, 6) is 0.247. The van der Waals surface area contributed by atoms with E-state index in [0.717, 1.165) is 13.0 Å². The van der Waals surface area contributed by atoms with Crippen molar-refractivity contribution in [3.05, 3.63) is 35.8 Å². The third kappa shape index (κ3) is 1.91. The summed E-state index contributed by atoms with van der Waals surface area (Å²) < 4.78 is 18.8. The highest BCUT2D eigenvalue weighted by Crippen LogP contribution is 2.34. The van der Waals surface area contributed by atoms with Gasteiger partial charge in [0.2, 0.25) is 0 Å². The molecular weight excluding hydrogens is 233 g/mol. The molecule has 1 saturated heterocycles. The number of likely N-dealkylation sites (N-methyl/N-ethyl adjacent to an activating group) is 1. The third-order valence-corrected chi connectivity index (χ3v) is 3.60. The van der Waals surface area contributed by atoms with Crippen molar-refractivity contribution in [1.82, 2.24) is 4.90 Å². The molecule has 3 nitrogen and oxygen atoms in total. The van der Waals surface area contributed by atoms with Crippen LogP contribution in [-0.4, -0.2) is 30.1 Å². The van der Waals surface area contributed by atoms with E-state index in [1.165, 1.54) is 12.1 Å². The van der Waals surface area contributed by atoms with Gasteiger partial charge in [-0.1, -0.05) is 0 Å². The van der Waals surface area contributed by atoms with Crippen LogP contribution in [0.2, 0.25) is 0 Å². The summed E-state index contributed by atoms with van der Waals surface area (Å²) in [5, 5.41) is 11.4. The molecule has 1 aliphatic heterocycles. The number of fused-ring (bicyclic) bond motifs is 1. The van der Waals surface area contributed by atoms with Crippen LogP contribution in [0.25, 0.3) is 11.0 Å². The Hall–Kier alpha value is -1.39. The fourth-order valence-electron chi connectivity index (χ4n) is 2.69. The summed E-state index contributed by atoms with van der Waals surface area (Å²) in [5.41, 5.74) is -0.337. The standard InChI is InChI=1S/C14H16FNO2/c1-16-6-2-5-14(17,9-16)13-8-10-7-11(15)3-4-12(10)18-13/h3-4,7-8,17H,2,5-6,9H2,1H3. The molecule has 1 fully saturated rings. The summed E-state index contributed by atoms with van der Waals surface area (Å²) >= 11 is 0. The van der Waals surface area contributed by atoms with E-state index in [0.29, 0.717) is 29.7 Å². The third-order valence-electron chi connectivity index (χ3n) is 3.60. The van der Waals surface area contributed by atoms with Gasteiger partial charge in [0, 0.05) is 11.9 Å². The molecule has 1 atom stereocenters. The van der Waals surface area contributed by atoms with E-state index >= 15 is 0 Å². The molecule has 1 aromatic carbocycles. The number of furan rings is 1. The minimum absolute atomic E-state index is 0.289. The predicted octanol–water partition coefficient (Wildman–Crippen LogP) is 2.49. The SMILES string of the molecule is CN1CCCC(O)(c2cc3cc(F)ccc3o2)C1. The lowest BCUT2D eigenvalue weighted by Gasteiger charge is -2.35. The summed E-state index contributed by atoms with van der Waals surface area (Å²) in [4.78, 5) is 2.08. The highest BCUT2D eigenvalue weighted by Gasteiger charge is 2.36. The summed E-state index contributed by atoms with van der Waals surface area (Å²) in [6.07, 6.45) is 1.61. The van der Waals surface area contributed by atoms with Crippen molar-refractivity contribution in [2.45, 2.75) is 18.4 Å². The monoisotopic (exact) mass is 249 g/mol. The van der Waals surface area contributed by atoms with Gasteiger partial charge in [-0.15, -0.1) is 0 Å². The summed E-state index contributed by atoms with van der Waals surface area (Å²) in [6.45, 7) is 1.53. The molecule has 0 amide bonds. The Morgan fingerprint density at radius 2 is 2.22 bits per heavy atom. The van der Waals surface area contributed by atoms with E-state index in [1.54, 1.807) is 12.1 Å². The Morgan fingerprint density at radius 1 is 1.39 bits per heavy atom. The highest BCUT2D eigenvalue weighted by molar-refractivity contribution is 5.78. The first-order valence-corrected chi connectivity index (χ1v) is 6.17. The second-order valence-corrected chi connectivity index (χ2v) is 5.17. The molecule has 2 heterocycles. The van der Waals surface area contributed by atoms with Crippen LogP contribution in [0.3, 0.4) is 0 Å². The van der Waals surface area contributed by atoms with Crippen LogP contribution in [0.4, 0.5) is 4.39 Å². The fraction of sp³-hybridized carbons (Fsp3) is 0.429. The lowest BCUT2D eigenvalue weighted by atomic mass is 9.90. The van der Waals surface area contributed by atoms with Crippen molar-refractivity contribution in [3.63, 3.8) is 0 Å². The largest absolute Gasteiger partial charge is 0.458 e. The van der Waals surface area contributed by atoms with Crippen molar-refractivity contribution >= 4 is 11.0 Å². The van der Waals surface area contributed by atoms with Gasteiger partial charge in [-0.3, -0.25) is 0 Å². The first kappa shape index (κ1) is 11.7. The predicted molar refractivity (Wildman–Crippen MR) is 66.8 cm³/mol. The van der Waals surface area contributed by atoms with E-state index in [9.17, 15) is 9.50 Å². The molecule has 1 unspecified atom stereocenters. The quantitative estimate of drug-likeness (QED) is 0.843. The number of hydrogen-bond donors (Lipinski definition) is 1. The molecule has 0 radical (unpaired) electrons. The number of benzene rings is 1.